The number of hydrogen-bond donors (Lipinski definition) is 0. The molecule has 5 rings (SSSR count). The van der Waals surface area contributed by atoms with Crippen molar-refractivity contribution >= 4 is 28.3 Å². The zero-order valence-corrected chi connectivity index (χ0v) is 18.0. The maximum absolute atomic E-state index is 12.1. The maximum Gasteiger partial charge on any atom is 0.161 e. The number of piperidine rings is 1. The van der Waals surface area contributed by atoms with Crippen LogP contribution in [-0.4, -0.2) is 46.6 Å². The topological polar surface area (TPSA) is 34.5 Å². The Morgan fingerprint density at radius 3 is 2.59 bits per heavy atom. The summed E-state index contributed by atoms with van der Waals surface area (Å²) in [5.74, 6) is 0.955. The summed E-state index contributed by atoms with van der Waals surface area (Å²) in [6.07, 6.45) is 11.3. The molecular weight excluding hydrogens is 384 g/mol. The molecule has 156 valence electrons. The van der Waals surface area contributed by atoms with E-state index in [9.17, 15) is 4.79 Å². The number of fused-ring (bicyclic) bond motifs is 3. The molecule has 1 aliphatic carbocycles. The first-order valence-corrected chi connectivity index (χ1v) is 11.6. The summed E-state index contributed by atoms with van der Waals surface area (Å²) in [5.41, 5.74) is 1.77. The van der Waals surface area contributed by atoms with Crippen LogP contribution in [0.5, 0.6) is 0 Å². The minimum atomic E-state index is 0.0994. The summed E-state index contributed by atoms with van der Waals surface area (Å²) in [5, 5.41) is 1.70. The third-order valence-corrected chi connectivity index (χ3v) is 7.45. The number of ketones is 1. The Hall–Kier alpha value is -1.36. The lowest BCUT2D eigenvalue weighted by Crippen LogP contribution is -2.46. The van der Waals surface area contributed by atoms with Gasteiger partial charge in [-0.25, -0.2) is 0 Å². The lowest BCUT2D eigenvalue weighted by molar-refractivity contribution is -0.0241. The van der Waals surface area contributed by atoms with Crippen LogP contribution in [0, 0.1) is 5.92 Å². The molecule has 4 nitrogen and oxygen atoms in total. The van der Waals surface area contributed by atoms with Gasteiger partial charge in [0, 0.05) is 48.9 Å². The molecule has 0 N–H and O–H groups in total. The van der Waals surface area contributed by atoms with E-state index in [2.05, 4.69) is 9.47 Å². The number of rotatable bonds is 8. The van der Waals surface area contributed by atoms with Crippen molar-refractivity contribution in [3.63, 3.8) is 0 Å². The van der Waals surface area contributed by atoms with E-state index in [0.29, 0.717) is 18.2 Å². The van der Waals surface area contributed by atoms with Crippen molar-refractivity contribution < 1.29 is 9.53 Å². The van der Waals surface area contributed by atoms with Crippen LogP contribution >= 0.6 is 11.6 Å². The fourth-order valence-corrected chi connectivity index (χ4v) is 5.76. The molecule has 5 heteroatoms. The van der Waals surface area contributed by atoms with Crippen molar-refractivity contribution in [1.29, 1.82) is 0 Å². The van der Waals surface area contributed by atoms with Gasteiger partial charge >= 0.3 is 0 Å². The Kier molecular flexibility index (Phi) is 5.44. The summed E-state index contributed by atoms with van der Waals surface area (Å²) >= 11 is 6.48. The molecule has 29 heavy (non-hydrogen) atoms. The Morgan fingerprint density at radius 2 is 1.90 bits per heavy atom. The third-order valence-electron chi connectivity index (χ3n) is 7.15. The SMILES string of the molecule is CC(=O)c1cn(CCCN2[C@@H]3CC[C@H]2C[C@@H](OCC2CC2)C3)c2c(Cl)cccc12. The van der Waals surface area contributed by atoms with Crippen LogP contribution in [0.2, 0.25) is 5.02 Å². The zero-order chi connectivity index (χ0) is 20.0. The highest BCUT2D eigenvalue weighted by molar-refractivity contribution is 6.35. The Morgan fingerprint density at radius 1 is 1.14 bits per heavy atom. The number of para-hydroxylation sites is 1. The standard InChI is InChI=1S/C24H31ClN2O2/c1-16(28)22-14-26(24-21(22)4-2-5-23(24)25)10-3-11-27-18-8-9-19(27)13-20(12-18)29-15-17-6-7-17/h2,4-5,14,17-20H,3,6-13,15H2,1H3/t18-,19+,20+. The molecule has 0 radical (unpaired) electrons. The van der Waals surface area contributed by atoms with Gasteiger partial charge in [-0.2, -0.15) is 0 Å². The molecule has 1 saturated carbocycles. The van der Waals surface area contributed by atoms with Crippen LogP contribution in [0.15, 0.2) is 24.4 Å². The fraction of sp³-hybridized carbons (Fsp3) is 0.625. The second kappa shape index (κ2) is 8.05. The molecule has 2 saturated heterocycles. The fourth-order valence-electron chi connectivity index (χ4n) is 5.48. The highest BCUT2D eigenvalue weighted by Gasteiger charge is 2.41. The second-order valence-corrected chi connectivity index (χ2v) is 9.68. The molecule has 0 spiro atoms. The Labute approximate surface area is 178 Å². The molecule has 1 aromatic heterocycles. The van der Waals surface area contributed by atoms with Crippen LogP contribution in [0.25, 0.3) is 10.9 Å². The molecule has 3 heterocycles. The molecule has 0 amide bonds. The van der Waals surface area contributed by atoms with E-state index in [1.807, 2.05) is 24.4 Å². The molecule has 1 aromatic carbocycles. The lowest BCUT2D eigenvalue weighted by atomic mass is 9.99. The zero-order valence-electron chi connectivity index (χ0n) is 17.3. The van der Waals surface area contributed by atoms with Gasteiger partial charge in [-0.05, 0) is 63.9 Å². The highest BCUT2D eigenvalue weighted by Crippen LogP contribution is 2.38. The van der Waals surface area contributed by atoms with E-state index >= 15 is 0 Å². The van der Waals surface area contributed by atoms with E-state index in [1.165, 1.54) is 38.5 Å². The monoisotopic (exact) mass is 414 g/mol. The van der Waals surface area contributed by atoms with Crippen molar-refractivity contribution in [3.05, 3.63) is 35.0 Å². The Balaban J connectivity index is 1.21. The number of benzene rings is 1. The van der Waals surface area contributed by atoms with Gasteiger partial charge in [-0.15, -0.1) is 0 Å². The van der Waals surface area contributed by atoms with Gasteiger partial charge in [0.15, 0.2) is 5.78 Å². The van der Waals surface area contributed by atoms with Crippen molar-refractivity contribution in [2.45, 2.75) is 76.6 Å². The van der Waals surface area contributed by atoms with E-state index in [-0.39, 0.29) is 5.78 Å². The van der Waals surface area contributed by atoms with Crippen LogP contribution in [0.4, 0.5) is 0 Å². The van der Waals surface area contributed by atoms with Crippen molar-refractivity contribution in [2.75, 3.05) is 13.2 Å². The van der Waals surface area contributed by atoms with Gasteiger partial charge in [0.2, 0.25) is 0 Å². The minimum Gasteiger partial charge on any atom is -0.378 e. The average molecular weight is 415 g/mol. The van der Waals surface area contributed by atoms with E-state index in [4.69, 9.17) is 16.3 Å². The molecule has 3 aliphatic rings. The number of aromatic nitrogens is 1. The number of carbonyl (C=O) groups is 1. The van der Waals surface area contributed by atoms with E-state index in [1.54, 1.807) is 6.92 Å². The van der Waals surface area contributed by atoms with Gasteiger partial charge in [0.05, 0.1) is 16.6 Å². The number of Topliss-reactive ketones (excluding diaryl/α,β-unsaturated/α-hetero) is 1. The highest BCUT2D eigenvalue weighted by atomic mass is 35.5. The molecule has 2 bridgehead atoms. The van der Waals surface area contributed by atoms with Crippen LogP contribution in [0.1, 0.15) is 62.2 Å². The molecular formula is C24H31ClN2O2. The maximum atomic E-state index is 12.1. The molecule has 0 unspecified atom stereocenters. The number of aryl methyl sites for hydroxylation is 1. The van der Waals surface area contributed by atoms with Crippen LogP contribution in [-0.2, 0) is 11.3 Å². The smallest absolute Gasteiger partial charge is 0.161 e. The van der Waals surface area contributed by atoms with Gasteiger partial charge in [-0.1, -0.05) is 23.7 Å². The van der Waals surface area contributed by atoms with Gasteiger partial charge in [-0.3, -0.25) is 9.69 Å². The number of ether oxygens (including phenoxy) is 1. The normalized spacial score (nSPS) is 27.0. The summed E-state index contributed by atoms with van der Waals surface area (Å²) < 4.78 is 8.40. The van der Waals surface area contributed by atoms with Crippen molar-refractivity contribution in [1.82, 2.24) is 9.47 Å². The number of nitrogens with zero attached hydrogens (tertiary/aromatic N) is 2. The average Bonchev–Trinajstić information content (AvgIpc) is 3.40. The predicted octanol–water partition coefficient (Wildman–Crippen LogP) is 5.31. The van der Waals surface area contributed by atoms with Crippen molar-refractivity contribution in [3.8, 4) is 0 Å². The number of carbonyl (C=O) groups excluding carboxylic acids is 1. The first-order valence-electron chi connectivity index (χ1n) is 11.3. The third kappa shape index (κ3) is 3.99. The summed E-state index contributed by atoms with van der Waals surface area (Å²) in [6.45, 7) is 4.63. The minimum absolute atomic E-state index is 0.0994. The summed E-state index contributed by atoms with van der Waals surface area (Å²) in [6, 6.07) is 7.22. The number of halogens is 1. The van der Waals surface area contributed by atoms with Crippen LogP contribution in [0.3, 0.4) is 0 Å². The molecule has 3 fully saturated rings. The van der Waals surface area contributed by atoms with E-state index in [0.717, 1.165) is 53.5 Å². The van der Waals surface area contributed by atoms with Crippen molar-refractivity contribution in [2.24, 2.45) is 5.92 Å². The summed E-state index contributed by atoms with van der Waals surface area (Å²) in [7, 11) is 0. The quantitative estimate of drug-likeness (QED) is 0.549. The predicted molar refractivity (Wildman–Crippen MR) is 117 cm³/mol. The largest absolute Gasteiger partial charge is 0.378 e. The molecule has 2 aromatic rings. The van der Waals surface area contributed by atoms with Gasteiger partial charge < -0.3 is 9.30 Å². The lowest BCUT2D eigenvalue weighted by Gasteiger charge is -2.39. The molecule has 3 atom stereocenters. The Bertz CT molecular complexity index is 890. The first-order chi connectivity index (χ1) is 14.1. The molecule has 2 aliphatic heterocycles. The summed E-state index contributed by atoms with van der Waals surface area (Å²) in [4.78, 5) is 14.8. The number of hydrogen-bond acceptors (Lipinski definition) is 3. The van der Waals surface area contributed by atoms with E-state index < -0.39 is 0 Å². The van der Waals surface area contributed by atoms with Crippen LogP contribution < -0.4 is 0 Å². The van der Waals surface area contributed by atoms with Gasteiger partial charge in [0.1, 0.15) is 0 Å². The van der Waals surface area contributed by atoms with Gasteiger partial charge in [0.25, 0.3) is 0 Å². The second-order valence-electron chi connectivity index (χ2n) is 9.27. The first kappa shape index (κ1) is 19.6.